The molecule has 13 heavy (non-hydrogen) atoms. The zero-order valence-electron chi connectivity index (χ0n) is 7.40. The maximum Gasteiger partial charge on any atom is 0.407 e. The molecule has 2 fully saturated rings. The van der Waals surface area contributed by atoms with Crippen molar-refractivity contribution in [3.8, 4) is 0 Å². The smallest absolute Gasteiger partial charge is 0.407 e. The van der Waals surface area contributed by atoms with Gasteiger partial charge in [-0.1, -0.05) is 0 Å². The van der Waals surface area contributed by atoms with Crippen LogP contribution in [0, 0.1) is 11.3 Å². The number of carboxylic acid groups (broad SMARTS) is 1. The molecule has 72 valence electrons. The van der Waals surface area contributed by atoms with Crippen molar-refractivity contribution >= 4 is 12.4 Å². The summed E-state index contributed by atoms with van der Waals surface area (Å²) in [4.78, 5) is 22.5. The quantitative estimate of drug-likeness (QED) is 0.616. The summed E-state index contributed by atoms with van der Waals surface area (Å²) < 4.78 is 0. The Hall–Kier alpha value is -1.06. The van der Waals surface area contributed by atoms with E-state index in [4.69, 9.17) is 5.11 Å². The lowest BCUT2D eigenvalue weighted by Crippen LogP contribution is -2.41. The fourth-order valence-electron chi connectivity index (χ4n) is 2.58. The third-order valence-electron chi connectivity index (χ3n) is 3.29. The highest BCUT2D eigenvalue weighted by Crippen LogP contribution is 2.50. The molecule has 4 nitrogen and oxygen atoms in total. The number of nitrogens with zero attached hydrogens (tertiary/aromatic N) is 1. The highest BCUT2D eigenvalue weighted by Gasteiger charge is 2.49. The van der Waals surface area contributed by atoms with Crippen LogP contribution < -0.4 is 0 Å². The van der Waals surface area contributed by atoms with Crippen LogP contribution in [0.2, 0.25) is 0 Å². The van der Waals surface area contributed by atoms with Gasteiger partial charge in [0, 0.05) is 19.0 Å². The number of rotatable bonds is 1. The van der Waals surface area contributed by atoms with Crippen molar-refractivity contribution in [2.45, 2.75) is 19.3 Å². The summed E-state index contributed by atoms with van der Waals surface area (Å²) in [5, 5.41) is 8.74. The monoisotopic (exact) mass is 183 g/mol. The third kappa shape index (κ3) is 1.30. The molecular weight excluding hydrogens is 170 g/mol. The minimum absolute atomic E-state index is 0.157. The second-order valence-corrected chi connectivity index (χ2v) is 4.26. The first-order chi connectivity index (χ1) is 6.15. The molecule has 0 bridgehead atoms. The average molecular weight is 183 g/mol. The van der Waals surface area contributed by atoms with Gasteiger partial charge in [-0.3, -0.25) is 0 Å². The number of hydrogen-bond donors (Lipinski definition) is 1. The number of likely N-dealkylation sites (tertiary alicyclic amines) is 1. The molecule has 2 rings (SSSR count). The summed E-state index contributed by atoms with van der Waals surface area (Å²) in [6, 6.07) is 0. The van der Waals surface area contributed by atoms with E-state index in [9.17, 15) is 9.59 Å². The Labute approximate surface area is 76.5 Å². The molecule has 1 aliphatic carbocycles. The SMILES string of the molecule is O=CC1CC2(CCN(C(=O)O)C2)C1. The molecule has 0 aromatic heterocycles. The lowest BCUT2D eigenvalue weighted by atomic mass is 9.62. The molecule has 4 heteroatoms. The standard InChI is InChI=1S/C9H13NO3/c11-5-7-3-9(4-7)1-2-10(6-9)8(12)13/h5,7H,1-4,6H2,(H,12,13). The normalized spacial score (nSPS) is 37.5. The van der Waals surface area contributed by atoms with Crippen molar-refractivity contribution in [3.05, 3.63) is 0 Å². The van der Waals surface area contributed by atoms with E-state index in [2.05, 4.69) is 0 Å². The van der Waals surface area contributed by atoms with Crippen LogP contribution in [0.3, 0.4) is 0 Å². The van der Waals surface area contributed by atoms with E-state index in [0.717, 1.165) is 25.5 Å². The van der Waals surface area contributed by atoms with Crippen molar-refractivity contribution < 1.29 is 14.7 Å². The zero-order chi connectivity index (χ0) is 9.47. The van der Waals surface area contributed by atoms with E-state index in [-0.39, 0.29) is 11.3 Å². The highest BCUT2D eigenvalue weighted by atomic mass is 16.4. The Morgan fingerprint density at radius 3 is 2.69 bits per heavy atom. The number of aldehydes is 1. The predicted molar refractivity (Wildman–Crippen MR) is 45.4 cm³/mol. The number of hydrogen-bond acceptors (Lipinski definition) is 2. The molecule has 0 aromatic rings. The van der Waals surface area contributed by atoms with Crippen LogP contribution in [-0.2, 0) is 4.79 Å². The first kappa shape index (κ1) is 8.53. The van der Waals surface area contributed by atoms with E-state index in [0.29, 0.717) is 13.1 Å². The van der Waals surface area contributed by atoms with Crippen LogP contribution in [0.4, 0.5) is 4.79 Å². The molecule has 1 saturated carbocycles. The number of carbonyl (C=O) groups is 2. The van der Waals surface area contributed by atoms with Crippen LogP contribution >= 0.6 is 0 Å². The second kappa shape index (κ2) is 2.72. The fourth-order valence-corrected chi connectivity index (χ4v) is 2.58. The molecule has 0 aromatic carbocycles. The van der Waals surface area contributed by atoms with Crippen LogP contribution in [0.5, 0.6) is 0 Å². The van der Waals surface area contributed by atoms with Gasteiger partial charge in [0.05, 0.1) is 0 Å². The Morgan fingerprint density at radius 1 is 1.54 bits per heavy atom. The van der Waals surface area contributed by atoms with Crippen LogP contribution in [-0.4, -0.2) is 35.5 Å². The molecule has 1 heterocycles. The first-order valence-corrected chi connectivity index (χ1v) is 4.58. The number of carbonyl (C=O) groups excluding carboxylic acids is 1. The topological polar surface area (TPSA) is 57.6 Å². The van der Waals surface area contributed by atoms with Gasteiger partial charge in [0.2, 0.25) is 0 Å². The summed E-state index contributed by atoms with van der Waals surface area (Å²) >= 11 is 0. The van der Waals surface area contributed by atoms with Crippen molar-refractivity contribution in [1.82, 2.24) is 4.90 Å². The second-order valence-electron chi connectivity index (χ2n) is 4.26. The van der Waals surface area contributed by atoms with Gasteiger partial charge in [0.1, 0.15) is 6.29 Å². The summed E-state index contributed by atoms with van der Waals surface area (Å²) in [5.74, 6) is 0.189. The van der Waals surface area contributed by atoms with E-state index >= 15 is 0 Å². The fraction of sp³-hybridized carbons (Fsp3) is 0.778. The van der Waals surface area contributed by atoms with Gasteiger partial charge in [-0.05, 0) is 24.7 Å². The molecule has 1 saturated heterocycles. The van der Waals surface area contributed by atoms with Gasteiger partial charge in [-0.2, -0.15) is 0 Å². The number of amides is 1. The van der Waals surface area contributed by atoms with E-state index in [1.807, 2.05) is 0 Å². The minimum atomic E-state index is -0.827. The summed E-state index contributed by atoms with van der Waals surface area (Å²) in [7, 11) is 0. The Bertz CT molecular complexity index is 245. The van der Waals surface area contributed by atoms with Crippen molar-refractivity contribution in [1.29, 1.82) is 0 Å². The van der Waals surface area contributed by atoms with Crippen molar-refractivity contribution in [2.75, 3.05) is 13.1 Å². The van der Waals surface area contributed by atoms with Gasteiger partial charge < -0.3 is 14.8 Å². The third-order valence-corrected chi connectivity index (χ3v) is 3.29. The molecule has 1 spiro atoms. The summed E-state index contributed by atoms with van der Waals surface area (Å²) in [5.41, 5.74) is 0.157. The molecule has 2 aliphatic rings. The van der Waals surface area contributed by atoms with Crippen LogP contribution in [0.15, 0.2) is 0 Å². The van der Waals surface area contributed by atoms with Gasteiger partial charge >= 0.3 is 6.09 Å². The van der Waals surface area contributed by atoms with Gasteiger partial charge in [0.15, 0.2) is 0 Å². The van der Waals surface area contributed by atoms with E-state index in [1.165, 1.54) is 4.90 Å². The molecule has 0 unspecified atom stereocenters. The maximum absolute atomic E-state index is 10.6. The van der Waals surface area contributed by atoms with Gasteiger partial charge in [0.25, 0.3) is 0 Å². The Balaban J connectivity index is 1.92. The van der Waals surface area contributed by atoms with Crippen molar-refractivity contribution in [3.63, 3.8) is 0 Å². The molecule has 0 atom stereocenters. The molecule has 1 amide bonds. The summed E-state index contributed by atoms with van der Waals surface area (Å²) in [6.07, 6.45) is 2.88. The van der Waals surface area contributed by atoms with Gasteiger partial charge in [-0.25, -0.2) is 4.79 Å². The Kier molecular flexibility index (Phi) is 1.78. The summed E-state index contributed by atoms with van der Waals surface area (Å²) in [6.45, 7) is 1.27. The van der Waals surface area contributed by atoms with Crippen LogP contribution in [0.25, 0.3) is 0 Å². The molecule has 1 N–H and O–H groups in total. The lowest BCUT2D eigenvalue weighted by Gasteiger charge is -2.42. The lowest BCUT2D eigenvalue weighted by molar-refractivity contribution is -0.117. The predicted octanol–water partition coefficient (Wildman–Crippen LogP) is 0.965. The minimum Gasteiger partial charge on any atom is -0.465 e. The molecule has 0 radical (unpaired) electrons. The van der Waals surface area contributed by atoms with Gasteiger partial charge in [-0.15, -0.1) is 0 Å². The largest absolute Gasteiger partial charge is 0.465 e. The zero-order valence-corrected chi connectivity index (χ0v) is 7.40. The first-order valence-electron chi connectivity index (χ1n) is 4.58. The molecular formula is C9H13NO3. The van der Waals surface area contributed by atoms with Crippen LogP contribution in [0.1, 0.15) is 19.3 Å². The highest BCUT2D eigenvalue weighted by molar-refractivity contribution is 5.65. The average Bonchev–Trinajstić information content (AvgIpc) is 2.45. The Morgan fingerprint density at radius 2 is 2.23 bits per heavy atom. The van der Waals surface area contributed by atoms with E-state index in [1.54, 1.807) is 0 Å². The molecule has 1 aliphatic heterocycles. The van der Waals surface area contributed by atoms with E-state index < -0.39 is 6.09 Å². The maximum atomic E-state index is 10.6. The van der Waals surface area contributed by atoms with Crippen molar-refractivity contribution in [2.24, 2.45) is 11.3 Å².